The van der Waals surface area contributed by atoms with Gasteiger partial charge in [0.15, 0.2) is 0 Å². The molecule has 0 amide bonds. The second kappa shape index (κ2) is 2.70. The predicted octanol–water partition coefficient (Wildman–Crippen LogP) is 1.74. The highest BCUT2D eigenvalue weighted by Crippen LogP contribution is 2.22. The van der Waals surface area contributed by atoms with Gasteiger partial charge in [-0.2, -0.15) is 0 Å². The maximum atomic E-state index is 3.41. The lowest BCUT2D eigenvalue weighted by molar-refractivity contribution is 0.216. The van der Waals surface area contributed by atoms with Crippen molar-refractivity contribution in [3.8, 4) is 0 Å². The molecule has 0 saturated carbocycles. The summed E-state index contributed by atoms with van der Waals surface area (Å²) in [5, 5.41) is 3.41. The molecule has 2 unspecified atom stereocenters. The first-order chi connectivity index (χ1) is 4.22. The summed E-state index contributed by atoms with van der Waals surface area (Å²) in [5.41, 5.74) is 0. The first-order valence-electron chi connectivity index (χ1n) is 3.92. The predicted molar refractivity (Wildman–Crippen MR) is 42.5 cm³/mol. The van der Waals surface area contributed by atoms with Crippen molar-refractivity contribution in [3.05, 3.63) is 0 Å². The van der Waals surface area contributed by atoms with Gasteiger partial charge in [0.1, 0.15) is 0 Å². The summed E-state index contributed by atoms with van der Waals surface area (Å²) in [6.45, 7) is 9.44. The van der Waals surface area contributed by atoms with Gasteiger partial charge in [0.05, 0.1) is 0 Å². The Morgan fingerprint density at radius 3 is 1.89 bits per heavy atom. The molecule has 1 nitrogen and oxygen atoms in total. The minimum atomic E-state index is 0. The van der Waals surface area contributed by atoms with E-state index in [0.717, 1.165) is 17.8 Å². The number of hydrogen-bond donors (Lipinski definition) is 1. The molecule has 1 heteroatoms. The lowest BCUT2D eigenvalue weighted by atomic mass is 9.82. The normalized spacial score (nSPS) is 45.0. The molecule has 0 radical (unpaired) electrons. The van der Waals surface area contributed by atoms with E-state index in [1.165, 1.54) is 13.1 Å². The van der Waals surface area contributed by atoms with Crippen LogP contribution in [0.25, 0.3) is 0 Å². The molecule has 1 N–H and O–H groups in total. The van der Waals surface area contributed by atoms with Crippen LogP contribution in [0, 0.1) is 17.8 Å². The fraction of sp³-hybridized carbons (Fsp3) is 1.00. The number of rotatable bonds is 0. The molecule has 1 saturated heterocycles. The van der Waals surface area contributed by atoms with Gasteiger partial charge >= 0.3 is 0 Å². The van der Waals surface area contributed by atoms with E-state index in [1.54, 1.807) is 0 Å². The molecular weight excluding hydrogens is 110 g/mol. The van der Waals surface area contributed by atoms with Gasteiger partial charge in [-0.25, -0.2) is 0 Å². The van der Waals surface area contributed by atoms with Crippen LogP contribution < -0.4 is 5.32 Å². The van der Waals surface area contributed by atoms with E-state index in [-0.39, 0.29) is 1.43 Å². The van der Waals surface area contributed by atoms with E-state index < -0.39 is 0 Å². The van der Waals surface area contributed by atoms with Gasteiger partial charge in [0, 0.05) is 1.43 Å². The Labute approximate surface area is 59.3 Å². The van der Waals surface area contributed by atoms with E-state index in [2.05, 4.69) is 26.1 Å². The highest BCUT2D eigenvalue weighted by Gasteiger charge is 2.22. The molecule has 0 aromatic carbocycles. The second-order valence-electron chi connectivity index (χ2n) is 3.47. The van der Waals surface area contributed by atoms with Crippen molar-refractivity contribution in [1.82, 2.24) is 5.32 Å². The number of nitrogens with one attached hydrogen (secondary N) is 1. The molecule has 2 atom stereocenters. The molecule has 1 fully saturated rings. The van der Waals surface area contributed by atoms with Crippen molar-refractivity contribution in [2.45, 2.75) is 20.8 Å². The lowest BCUT2D eigenvalue weighted by Crippen LogP contribution is -2.39. The van der Waals surface area contributed by atoms with Crippen LogP contribution in [0.5, 0.6) is 0 Å². The fourth-order valence-corrected chi connectivity index (χ4v) is 1.47. The molecule has 0 spiro atoms. The molecule has 1 rings (SSSR count). The maximum Gasteiger partial charge on any atom is 0 e. The summed E-state index contributed by atoms with van der Waals surface area (Å²) in [5.74, 6) is 2.65. The maximum absolute atomic E-state index is 3.41. The van der Waals surface area contributed by atoms with Crippen LogP contribution in [0.4, 0.5) is 0 Å². The quantitative estimate of drug-likeness (QED) is 0.525. The van der Waals surface area contributed by atoms with Gasteiger partial charge in [-0.05, 0) is 30.8 Å². The van der Waals surface area contributed by atoms with Gasteiger partial charge in [0.25, 0.3) is 0 Å². The van der Waals surface area contributed by atoms with E-state index in [4.69, 9.17) is 0 Å². The topological polar surface area (TPSA) is 12.0 Å². The largest absolute Gasteiger partial charge is 0.316 e. The van der Waals surface area contributed by atoms with Gasteiger partial charge in [0.2, 0.25) is 0 Å². The molecule has 9 heavy (non-hydrogen) atoms. The average Bonchev–Trinajstić information content (AvgIpc) is 1.83. The van der Waals surface area contributed by atoms with E-state index in [0.29, 0.717) is 0 Å². The summed E-state index contributed by atoms with van der Waals surface area (Å²) in [4.78, 5) is 0. The Balaban J connectivity index is 0.000000810. The van der Waals surface area contributed by atoms with Crippen molar-refractivity contribution < 1.29 is 1.43 Å². The zero-order valence-corrected chi connectivity index (χ0v) is 6.65. The summed E-state index contributed by atoms with van der Waals surface area (Å²) < 4.78 is 0. The third-order valence-corrected chi connectivity index (χ3v) is 2.73. The van der Waals surface area contributed by atoms with Gasteiger partial charge < -0.3 is 5.32 Å². The zero-order valence-electron chi connectivity index (χ0n) is 6.65. The Hall–Kier alpha value is -0.0400. The summed E-state index contributed by atoms with van der Waals surface area (Å²) in [6.07, 6.45) is 0. The summed E-state index contributed by atoms with van der Waals surface area (Å²) in [7, 11) is 0. The van der Waals surface area contributed by atoms with Crippen LogP contribution in [-0.2, 0) is 0 Å². The van der Waals surface area contributed by atoms with Gasteiger partial charge in [-0.1, -0.05) is 20.8 Å². The van der Waals surface area contributed by atoms with Crippen molar-refractivity contribution in [2.24, 2.45) is 17.8 Å². The SMILES string of the molecule is CC1CNCC(C)C1C.[HH]. The summed E-state index contributed by atoms with van der Waals surface area (Å²) >= 11 is 0. The van der Waals surface area contributed by atoms with Crippen LogP contribution >= 0.6 is 0 Å². The average molecular weight is 129 g/mol. The smallest absolute Gasteiger partial charge is 0 e. The molecular formula is C8H19N. The molecule has 0 aromatic rings. The molecule has 1 aliphatic rings. The fourth-order valence-electron chi connectivity index (χ4n) is 1.47. The number of piperidine rings is 1. The third-order valence-electron chi connectivity index (χ3n) is 2.73. The van der Waals surface area contributed by atoms with Crippen LogP contribution in [0.15, 0.2) is 0 Å². The van der Waals surface area contributed by atoms with E-state index in [9.17, 15) is 0 Å². The van der Waals surface area contributed by atoms with E-state index >= 15 is 0 Å². The standard InChI is InChI=1S/C8H17N.H2/c1-6-4-9-5-7(2)8(6)3;/h6-9H,4-5H2,1-3H3;1H. The molecule has 1 heterocycles. The number of hydrogen-bond acceptors (Lipinski definition) is 1. The van der Waals surface area contributed by atoms with Crippen LogP contribution in [0.1, 0.15) is 22.2 Å². The summed E-state index contributed by atoms with van der Waals surface area (Å²) in [6, 6.07) is 0. The van der Waals surface area contributed by atoms with Crippen molar-refractivity contribution in [1.29, 1.82) is 0 Å². The monoisotopic (exact) mass is 129 g/mol. The molecule has 1 aliphatic heterocycles. The van der Waals surface area contributed by atoms with Crippen LogP contribution in [-0.4, -0.2) is 13.1 Å². The molecule has 0 aromatic heterocycles. The minimum absolute atomic E-state index is 0. The Bertz CT molecular complexity index is 85.3. The zero-order chi connectivity index (χ0) is 6.85. The highest BCUT2D eigenvalue weighted by atomic mass is 14.9. The first-order valence-corrected chi connectivity index (χ1v) is 3.92. The van der Waals surface area contributed by atoms with Crippen molar-refractivity contribution in [3.63, 3.8) is 0 Å². The second-order valence-corrected chi connectivity index (χ2v) is 3.47. The first kappa shape index (κ1) is 7.07. The minimum Gasteiger partial charge on any atom is -0.316 e. The lowest BCUT2D eigenvalue weighted by Gasteiger charge is -2.32. The molecule has 0 aliphatic carbocycles. The van der Waals surface area contributed by atoms with Gasteiger partial charge in [-0.15, -0.1) is 0 Å². The molecule has 0 bridgehead atoms. The van der Waals surface area contributed by atoms with Crippen molar-refractivity contribution >= 4 is 0 Å². The molecule has 56 valence electrons. The van der Waals surface area contributed by atoms with Gasteiger partial charge in [-0.3, -0.25) is 0 Å². The third kappa shape index (κ3) is 1.45. The van der Waals surface area contributed by atoms with Crippen LogP contribution in [0.3, 0.4) is 0 Å². The van der Waals surface area contributed by atoms with Crippen LogP contribution in [0.2, 0.25) is 0 Å². The highest BCUT2D eigenvalue weighted by molar-refractivity contribution is 4.76. The Morgan fingerprint density at radius 2 is 1.56 bits per heavy atom. The van der Waals surface area contributed by atoms with Crippen molar-refractivity contribution in [2.75, 3.05) is 13.1 Å². The van der Waals surface area contributed by atoms with E-state index in [1.807, 2.05) is 0 Å². The Morgan fingerprint density at radius 1 is 1.11 bits per heavy atom. The Kier molecular flexibility index (Phi) is 2.12.